The average molecular weight is 946 g/mol. The van der Waals surface area contributed by atoms with Crippen molar-refractivity contribution in [3.8, 4) is 11.5 Å². The zero-order chi connectivity index (χ0) is 47.2. The summed E-state index contributed by atoms with van der Waals surface area (Å²) in [5, 5.41) is 16.0. The number of piperazine rings is 1. The minimum Gasteiger partial charge on any atom is -0.455 e. The van der Waals surface area contributed by atoms with E-state index in [0.29, 0.717) is 54.8 Å². The molecule has 5 heterocycles. The number of ether oxygens (including phenoxy) is 2. The molecule has 17 nitrogen and oxygen atoms in total. The summed E-state index contributed by atoms with van der Waals surface area (Å²) in [6.45, 7) is 6.31. The van der Waals surface area contributed by atoms with E-state index >= 15 is 0 Å². The van der Waals surface area contributed by atoms with Crippen LogP contribution in [0.3, 0.4) is 0 Å². The van der Waals surface area contributed by atoms with Gasteiger partial charge in [-0.2, -0.15) is 0 Å². The molecule has 3 aromatic heterocycles. The van der Waals surface area contributed by atoms with Gasteiger partial charge in [-0.1, -0.05) is 44.0 Å². The van der Waals surface area contributed by atoms with E-state index in [1.54, 1.807) is 30.5 Å². The summed E-state index contributed by atoms with van der Waals surface area (Å²) in [7, 11) is -3.17. The average Bonchev–Trinajstić information content (AvgIpc) is 4.09. The molecule has 5 aliphatic rings. The Balaban J connectivity index is 0.840. The molecular weight excluding hydrogens is 887 g/mol. The zero-order valence-corrected chi connectivity index (χ0v) is 39.4. The number of carbonyl (C=O) groups is 2. The highest BCUT2D eigenvalue weighted by atomic mass is 32.2. The molecule has 2 amide bonds. The number of sulfonamides is 1. The molecule has 5 aromatic rings. The van der Waals surface area contributed by atoms with Crippen molar-refractivity contribution >= 4 is 50.2 Å². The van der Waals surface area contributed by atoms with Gasteiger partial charge in [0.25, 0.3) is 15.9 Å². The Kier molecular flexibility index (Phi) is 12.5. The standard InChI is InChI=1S/C50H59N9O8S/c1-32-7-9-33(10-8-32)28-52-47-43(59(62)63)25-39(30-54-47)68(64,65)55-48(60)42-14-13-36(24-45(42)67-38-23-35-15-18-51-46(35)53-29-38)56-19-16-50(17-20-56)26-37(27-50)58-22-21-57(49(61)66-2)31-44(58)41-6-4-3-5-40(41)34-11-12-34/h3-6,13-15,18,23-25,29-30,32-34,37,44H,7-12,16-17,19-22,26-28,31H2,1-2H3,(H,51,53)(H,52,54)(H,55,60)/t32-,33+,44-/m0/s1. The molecule has 18 heteroatoms. The second-order valence-electron chi connectivity index (χ2n) is 19.7. The molecule has 5 fully saturated rings. The predicted octanol–water partition coefficient (Wildman–Crippen LogP) is 8.77. The Labute approximate surface area is 396 Å². The molecule has 10 rings (SSSR count). The summed E-state index contributed by atoms with van der Waals surface area (Å²) in [6.07, 6.45) is 14.7. The number of hydrogen-bond donors (Lipinski definition) is 3. The van der Waals surface area contributed by atoms with Gasteiger partial charge in [-0.3, -0.25) is 19.8 Å². The van der Waals surface area contributed by atoms with Crippen molar-refractivity contribution in [2.24, 2.45) is 17.3 Å². The summed E-state index contributed by atoms with van der Waals surface area (Å²) in [5.41, 5.74) is 3.87. The number of hydrogen-bond acceptors (Lipinski definition) is 13. The highest BCUT2D eigenvalue weighted by Crippen LogP contribution is 2.54. The van der Waals surface area contributed by atoms with E-state index in [2.05, 4.69) is 66.0 Å². The lowest BCUT2D eigenvalue weighted by molar-refractivity contribution is -0.384. The fraction of sp³-hybridized carbons (Fsp3) is 0.480. The number of carbonyl (C=O) groups excluding carboxylic acids is 2. The SMILES string of the molecule is COC(=O)N1CCN(C2CC3(CCN(c4ccc(C(=O)NS(=O)(=O)c5cnc(NC[C@H]6CC[C@@H](C)CC6)c([N+](=O)[O-])c5)c(Oc5cnc6[nH]ccc6c5)c4)CC3)C2)[C@H](c2ccccc2C2CC2)C1. The van der Waals surface area contributed by atoms with E-state index in [9.17, 15) is 28.1 Å². The van der Waals surface area contributed by atoms with Crippen LogP contribution in [0.4, 0.5) is 22.0 Å². The molecule has 0 radical (unpaired) electrons. The summed E-state index contributed by atoms with van der Waals surface area (Å²) in [5.74, 6) is 1.06. The maximum absolute atomic E-state index is 14.0. The van der Waals surface area contributed by atoms with Crippen LogP contribution in [0, 0.1) is 27.4 Å². The van der Waals surface area contributed by atoms with Gasteiger partial charge in [-0.05, 0) is 110 Å². The van der Waals surface area contributed by atoms with Crippen molar-refractivity contribution in [3.05, 3.63) is 106 Å². The summed E-state index contributed by atoms with van der Waals surface area (Å²) < 4.78 is 41.1. The molecule has 3 saturated carbocycles. The molecule has 3 aliphatic carbocycles. The second kappa shape index (κ2) is 18.7. The van der Waals surface area contributed by atoms with Crippen molar-refractivity contribution in [2.75, 3.05) is 56.6 Å². The smallest absolute Gasteiger partial charge is 0.409 e. The Morgan fingerprint density at radius 3 is 2.43 bits per heavy atom. The highest BCUT2D eigenvalue weighted by molar-refractivity contribution is 7.90. The predicted molar refractivity (Wildman–Crippen MR) is 257 cm³/mol. The molecular formula is C50H59N9O8S. The first-order valence-corrected chi connectivity index (χ1v) is 25.5. The topological polar surface area (TPSA) is 205 Å². The minimum atomic E-state index is -4.62. The van der Waals surface area contributed by atoms with Crippen LogP contribution in [0.1, 0.15) is 105 Å². The lowest BCUT2D eigenvalue weighted by atomic mass is 9.59. The van der Waals surface area contributed by atoms with Crippen molar-refractivity contribution in [2.45, 2.75) is 94.0 Å². The number of anilines is 2. The Hall–Kier alpha value is -6.27. The third-order valence-electron chi connectivity index (χ3n) is 15.3. The van der Waals surface area contributed by atoms with Crippen LogP contribution in [-0.2, 0) is 14.8 Å². The van der Waals surface area contributed by atoms with E-state index < -0.39 is 31.4 Å². The van der Waals surface area contributed by atoms with Crippen molar-refractivity contribution < 1.29 is 32.4 Å². The largest absolute Gasteiger partial charge is 0.455 e. The van der Waals surface area contributed by atoms with Gasteiger partial charge in [0, 0.05) is 74.7 Å². The lowest BCUT2D eigenvalue weighted by Crippen LogP contribution is -2.60. The highest BCUT2D eigenvalue weighted by Gasteiger charge is 2.50. The molecule has 3 N–H and O–H groups in total. The van der Waals surface area contributed by atoms with Crippen LogP contribution in [-0.4, -0.2) is 103 Å². The number of rotatable bonds is 13. The lowest BCUT2D eigenvalue weighted by Gasteiger charge is -2.58. The fourth-order valence-corrected chi connectivity index (χ4v) is 12.1. The quantitative estimate of drug-likeness (QED) is 0.0747. The molecule has 2 saturated heterocycles. The monoisotopic (exact) mass is 945 g/mol. The van der Waals surface area contributed by atoms with Crippen LogP contribution in [0.5, 0.6) is 11.5 Å². The first-order chi connectivity index (χ1) is 32.8. The molecule has 1 atom stereocenters. The van der Waals surface area contributed by atoms with Crippen LogP contribution >= 0.6 is 0 Å². The normalized spacial score (nSPS) is 22.1. The number of methoxy groups -OCH3 is 1. The van der Waals surface area contributed by atoms with Gasteiger partial charge in [0.2, 0.25) is 5.82 Å². The zero-order valence-electron chi connectivity index (χ0n) is 38.6. The summed E-state index contributed by atoms with van der Waals surface area (Å²) >= 11 is 0. The fourth-order valence-electron chi connectivity index (χ4n) is 11.2. The van der Waals surface area contributed by atoms with E-state index in [-0.39, 0.29) is 34.7 Å². The number of nitrogens with one attached hydrogen (secondary N) is 3. The molecule has 68 heavy (non-hydrogen) atoms. The van der Waals surface area contributed by atoms with Crippen LogP contribution < -0.4 is 19.7 Å². The van der Waals surface area contributed by atoms with Gasteiger partial charge >= 0.3 is 11.8 Å². The Bertz CT molecular complexity index is 2810. The van der Waals surface area contributed by atoms with Crippen molar-refractivity contribution in [3.63, 3.8) is 0 Å². The Morgan fingerprint density at radius 1 is 0.926 bits per heavy atom. The number of amides is 2. The van der Waals surface area contributed by atoms with Crippen LogP contribution in [0.2, 0.25) is 0 Å². The number of benzene rings is 2. The van der Waals surface area contributed by atoms with Gasteiger partial charge in [-0.15, -0.1) is 0 Å². The second-order valence-corrected chi connectivity index (χ2v) is 21.4. The van der Waals surface area contributed by atoms with E-state index in [1.807, 2.05) is 11.0 Å². The summed E-state index contributed by atoms with van der Waals surface area (Å²) in [4.78, 5) is 56.1. The number of aromatic amines is 1. The first kappa shape index (κ1) is 45.5. The van der Waals surface area contributed by atoms with Gasteiger partial charge in [0.1, 0.15) is 22.0 Å². The van der Waals surface area contributed by atoms with Crippen LogP contribution in [0.25, 0.3) is 11.0 Å². The van der Waals surface area contributed by atoms with Crippen molar-refractivity contribution in [1.82, 2.24) is 29.5 Å². The van der Waals surface area contributed by atoms with Gasteiger partial charge in [0.05, 0.1) is 36.0 Å². The van der Waals surface area contributed by atoms with Gasteiger partial charge < -0.3 is 29.6 Å². The summed E-state index contributed by atoms with van der Waals surface area (Å²) in [6, 6.07) is 18.9. The number of aromatic nitrogens is 3. The van der Waals surface area contributed by atoms with E-state index in [0.717, 1.165) is 94.3 Å². The first-order valence-electron chi connectivity index (χ1n) is 24.0. The molecule has 2 aromatic carbocycles. The number of piperidine rings is 1. The van der Waals surface area contributed by atoms with Gasteiger partial charge in [0.15, 0.2) is 0 Å². The number of nitrogens with zero attached hydrogens (tertiary/aromatic N) is 6. The number of H-pyrrole nitrogens is 1. The van der Waals surface area contributed by atoms with Gasteiger partial charge in [-0.25, -0.2) is 27.9 Å². The molecule has 0 bridgehead atoms. The number of nitro groups is 1. The van der Waals surface area contributed by atoms with E-state index in [1.165, 1.54) is 37.3 Å². The molecule has 2 aliphatic heterocycles. The maximum atomic E-state index is 14.0. The van der Waals surface area contributed by atoms with Crippen LogP contribution in [0.15, 0.2) is 84.1 Å². The number of pyridine rings is 2. The Morgan fingerprint density at radius 2 is 1.69 bits per heavy atom. The van der Waals surface area contributed by atoms with E-state index in [4.69, 9.17) is 9.47 Å². The minimum absolute atomic E-state index is 0.0200. The third-order valence-corrected chi connectivity index (χ3v) is 16.6. The molecule has 358 valence electrons. The number of fused-ring (bicyclic) bond motifs is 1. The molecule has 0 unspecified atom stereocenters. The molecule has 1 spiro atoms. The van der Waals surface area contributed by atoms with Crippen molar-refractivity contribution in [1.29, 1.82) is 0 Å². The maximum Gasteiger partial charge on any atom is 0.409 e. The third kappa shape index (κ3) is 9.44.